The van der Waals surface area contributed by atoms with E-state index in [1.165, 1.54) is 4.90 Å². The Bertz CT molecular complexity index is 762. The van der Waals surface area contributed by atoms with Crippen LogP contribution in [0.15, 0.2) is 35.5 Å². The van der Waals surface area contributed by atoms with Gasteiger partial charge in [-0.3, -0.25) is 14.4 Å². The first-order valence-electron chi connectivity index (χ1n) is 8.73. The van der Waals surface area contributed by atoms with E-state index in [1.54, 1.807) is 45.0 Å². The maximum absolute atomic E-state index is 12.7. The second kappa shape index (κ2) is 9.53. The molecule has 8 heteroatoms. The fourth-order valence-corrected chi connectivity index (χ4v) is 3.30. The minimum absolute atomic E-state index is 0.0110. The molecule has 1 N–H and O–H groups in total. The summed E-state index contributed by atoms with van der Waals surface area (Å²) >= 11 is 6.30. The lowest BCUT2D eigenvalue weighted by Gasteiger charge is -2.34. The highest BCUT2D eigenvalue weighted by Gasteiger charge is 2.38. The van der Waals surface area contributed by atoms with Gasteiger partial charge in [0.1, 0.15) is 6.54 Å². The van der Waals surface area contributed by atoms with Crippen LogP contribution in [0.5, 0.6) is 0 Å². The van der Waals surface area contributed by atoms with Crippen molar-refractivity contribution in [2.75, 3.05) is 19.8 Å². The fourth-order valence-electron chi connectivity index (χ4n) is 3.03. The van der Waals surface area contributed by atoms with Crippen LogP contribution in [0.25, 0.3) is 0 Å². The number of nitrogens with one attached hydrogen (secondary N) is 1. The number of ether oxygens (including phenoxy) is 1. The van der Waals surface area contributed by atoms with Crippen molar-refractivity contribution in [3.05, 3.63) is 46.1 Å². The van der Waals surface area contributed by atoms with Gasteiger partial charge in [-0.1, -0.05) is 29.8 Å². The summed E-state index contributed by atoms with van der Waals surface area (Å²) in [6.45, 7) is 5.31. The van der Waals surface area contributed by atoms with Gasteiger partial charge in [0, 0.05) is 23.1 Å². The molecular weight excluding hydrogens is 372 g/mol. The highest BCUT2D eigenvalue weighted by Crippen LogP contribution is 2.39. The van der Waals surface area contributed by atoms with Crippen LogP contribution in [0.1, 0.15) is 38.7 Å². The van der Waals surface area contributed by atoms with Crippen LogP contribution in [0.3, 0.4) is 0 Å². The molecule has 27 heavy (non-hydrogen) atoms. The van der Waals surface area contributed by atoms with Crippen molar-refractivity contribution in [3.63, 3.8) is 0 Å². The number of esters is 1. The largest absolute Gasteiger partial charge is 0.463 e. The van der Waals surface area contributed by atoms with Crippen molar-refractivity contribution in [1.29, 1.82) is 0 Å². The van der Waals surface area contributed by atoms with Gasteiger partial charge in [-0.05, 0) is 32.4 Å². The Balaban J connectivity index is 2.43. The number of carbonyl (C=O) groups is 3. The summed E-state index contributed by atoms with van der Waals surface area (Å²) in [4.78, 5) is 43.5. The van der Waals surface area contributed by atoms with E-state index < -0.39 is 17.8 Å². The molecule has 1 aliphatic rings. The van der Waals surface area contributed by atoms with Crippen molar-refractivity contribution >= 4 is 29.4 Å². The van der Waals surface area contributed by atoms with E-state index >= 15 is 0 Å². The van der Waals surface area contributed by atoms with Crippen molar-refractivity contribution in [3.8, 4) is 0 Å². The van der Waals surface area contributed by atoms with Crippen LogP contribution in [0, 0.1) is 0 Å². The number of rotatable bonds is 7. The smallest absolute Gasteiger partial charge is 0.336 e. The number of benzene rings is 1. The summed E-state index contributed by atoms with van der Waals surface area (Å²) in [5, 5.41) is 0.465. The molecule has 0 radical (unpaired) electrons. The quantitative estimate of drug-likeness (QED) is 0.567. The molecule has 0 aromatic heterocycles. The Morgan fingerprint density at radius 2 is 1.96 bits per heavy atom. The Morgan fingerprint density at radius 3 is 2.59 bits per heavy atom. The first kappa shape index (κ1) is 20.9. The van der Waals surface area contributed by atoms with Gasteiger partial charge in [-0.15, -0.1) is 0 Å². The molecule has 2 amide bonds. The summed E-state index contributed by atoms with van der Waals surface area (Å²) < 4.78 is 5.19. The molecule has 146 valence electrons. The monoisotopic (exact) mass is 394 g/mol. The zero-order valence-electron chi connectivity index (χ0n) is 15.6. The maximum Gasteiger partial charge on any atom is 0.336 e. The number of hydroxylamine groups is 1. The zero-order chi connectivity index (χ0) is 20.0. The minimum atomic E-state index is -0.531. The topological polar surface area (TPSA) is 84.9 Å². The van der Waals surface area contributed by atoms with Crippen molar-refractivity contribution < 1.29 is 24.0 Å². The average Bonchev–Trinajstić information content (AvgIpc) is 2.63. The number of carbonyl (C=O) groups excluding carboxylic acids is 3. The number of allylic oxidation sites excluding steroid dienone is 1. The van der Waals surface area contributed by atoms with Gasteiger partial charge in [0.2, 0.25) is 5.91 Å². The van der Waals surface area contributed by atoms with Gasteiger partial charge in [0.05, 0.1) is 18.8 Å². The lowest BCUT2D eigenvalue weighted by Crippen LogP contribution is -2.44. The second-order valence-corrected chi connectivity index (χ2v) is 6.34. The third kappa shape index (κ3) is 4.87. The molecule has 0 bridgehead atoms. The minimum Gasteiger partial charge on any atom is -0.463 e. The third-order valence-corrected chi connectivity index (χ3v) is 4.58. The van der Waals surface area contributed by atoms with Crippen LogP contribution < -0.4 is 5.48 Å². The molecule has 1 aromatic rings. The van der Waals surface area contributed by atoms with Gasteiger partial charge >= 0.3 is 5.97 Å². The molecule has 0 saturated carbocycles. The molecule has 1 aliphatic heterocycles. The summed E-state index contributed by atoms with van der Waals surface area (Å²) in [7, 11) is 0. The normalized spacial score (nSPS) is 17.1. The standard InChI is InChI=1S/C19H23ClN2O5/c1-4-26-19(25)18-12(3)22(11-16(23)21-27-5-2)17(24)10-14(18)13-8-6-7-9-15(13)20/h6-9,14H,4-5,10-11H2,1-3H3,(H,21,23). The molecule has 1 atom stereocenters. The Morgan fingerprint density at radius 1 is 1.26 bits per heavy atom. The van der Waals surface area contributed by atoms with Crippen molar-refractivity contribution in [2.24, 2.45) is 0 Å². The molecule has 7 nitrogen and oxygen atoms in total. The van der Waals surface area contributed by atoms with E-state index in [0.717, 1.165) is 0 Å². The van der Waals surface area contributed by atoms with E-state index in [4.69, 9.17) is 21.2 Å². The van der Waals surface area contributed by atoms with E-state index in [0.29, 0.717) is 28.5 Å². The van der Waals surface area contributed by atoms with Gasteiger partial charge in [0.25, 0.3) is 5.91 Å². The van der Waals surface area contributed by atoms with Gasteiger partial charge in [-0.2, -0.15) is 0 Å². The molecule has 0 saturated heterocycles. The predicted octanol–water partition coefficient (Wildman–Crippen LogP) is 2.56. The Hall–Kier alpha value is -2.38. The molecule has 0 aliphatic carbocycles. The Labute approximate surface area is 163 Å². The second-order valence-electron chi connectivity index (χ2n) is 5.94. The summed E-state index contributed by atoms with van der Waals surface area (Å²) in [6.07, 6.45) is 0.0110. The van der Waals surface area contributed by atoms with E-state index in [2.05, 4.69) is 5.48 Å². The van der Waals surface area contributed by atoms with Crippen LogP contribution in [0.2, 0.25) is 5.02 Å². The lowest BCUT2D eigenvalue weighted by atomic mass is 9.83. The molecule has 1 aromatic carbocycles. The molecule has 0 spiro atoms. The number of amides is 2. The van der Waals surface area contributed by atoms with Crippen LogP contribution in [0.4, 0.5) is 0 Å². The highest BCUT2D eigenvalue weighted by atomic mass is 35.5. The fraction of sp³-hybridized carbons (Fsp3) is 0.421. The highest BCUT2D eigenvalue weighted by molar-refractivity contribution is 6.31. The van der Waals surface area contributed by atoms with Crippen molar-refractivity contribution in [1.82, 2.24) is 10.4 Å². The molecule has 1 unspecified atom stereocenters. The number of hydrogen-bond acceptors (Lipinski definition) is 5. The molecule has 1 heterocycles. The van der Waals surface area contributed by atoms with Gasteiger partial charge in [-0.25, -0.2) is 10.3 Å². The maximum atomic E-state index is 12.7. The van der Waals surface area contributed by atoms with E-state index in [9.17, 15) is 14.4 Å². The first-order valence-corrected chi connectivity index (χ1v) is 9.11. The summed E-state index contributed by atoms with van der Waals surface area (Å²) in [6, 6.07) is 7.07. The number of hydrogen-bond donors (Lipinski definition) is 1. The first-order chi connectivity index (χ1) is 12.9. The summed E-state index contributed by atoms with van der Waals surface area (Å²) in [5.41, 5.74) is 3.63. The van der Waals surface area contributed by atoms with Crippen LogP contribution in [-0.2, 0) is 24.0 Å². The Kier molecular flexibility index (Phi) is 7.38. The van der Waals surface area contributed by atoms with E-state index in [1.807, 2.05) is 0 Å². The van der Waals surface area contributed by atoms with Crippen molar-refractivity contribution in [2.45, 2.75) is 33.1 Å². The SMILES string of the molecule is CCONC(=O)CN1C(=O)CC(c2ccccc2Cl)C(C(=O)OCC)=C1C. The molecule has 2 rings (SSSR count). The van der Waals surface area contributed by atoms with Crippen LogP contribution in [-0.4, -0.2) is 42.4 Å². The third-order valence-electron chi connectivity index (χ3n) is 4.23. The van der Waals surface area contributed by atoms with Gasteiger partial charge in [0.15, 0.2) is 0 Å². The number of nitrogens with zero attached hydrogens (tertiary/aromatic N) is 1. The van der Waals surface area contributed by atoms with E-state index in [-0.39, 0.29) is 25.5 Å². The molecule has 0 fully saturated rings. The average molecular weight is 395 g/mol. The number of halogens is 1. The predicted molar refractivity (Wildman–Crippen MR) is 99.6 cm³/mol. The molecular formula is C19H23ClN2O5. The van der Waals surface area contributed by atoms with Gasteiger partial charge < -0.3 is 9.64 Å². The lowest BCUT2D eigenvalue weighted by molar-refractivity contribution is -0.143. The summed E-state index contributed by atoms with van der Waals surface area (Å²) in [5.74, 6) is -1.82. The van der Waals surface area contributed by atoms with Crippen LogP contribution >= 0.6 is 11.6 Å². The zero-order valence-corrected chi connectivity index (χ0v) is 16.3.